The van der Waals surface area contributed by atoms with Crippen molar-refractivity contribution in [1.82, 2.24) is 15.0 Å². The van der Waals surface area contributed by atoms with Crippen molar-refractivity contribution >= 4 is 48.9 Å². The van der Waals surface area contributed by atoms with Gasteiger partial charge >= 0.3 is 0 Å². The predicted molar refractivity (Wildman–Crippen MR) is 189 cm³/mol. The van der Waals surface area contributed by atoms with Gasteiger partial charge in [-0.15, -0.1) is 0 Å². The van der Waals surface area contributed by atoms with Crippen LogP contribution in [0.4, 0.5) is 15.8 Å². The average molecular weight is 707 g/mol. The number of halogens is 2. The summed E-state index contributed by atoms with van der Waals surface area (Å²) in [5.41, 5.74) is -0.584. The summed E-state index contributed by atoms with van der Waals surface area (Å²) < 4.78 is 43.8. The van der Waals surface area contributed by atoms with Crippen molar-refractivity contribution in [3.63, 3.8) is 0 Å². The van der Waals surface area contributed by atoms with Gasteiger partial charge in [0.2, 0.25) is 0 Å². The van der Waals surface area contributed by atoms with E-state index < -0.39 is 52.5 Å². The molecule has 2 atom stereocenters. The molecule has 0 spiro atoms. The lowest BCUT2D eigenvalue weighted by molar-refractivity contribution is -0.384. The Balaban J connectivity index is 2.08. The minimum atomic E-state index is -2.18. The van der Waals surface area contributed by atoms with Gasteiger partial charge in [-0.3, -0.25) is 10.1 Å². The molecule has 0 amide bonds. The Morgan fingerprint density at radius 3 is 2.28 bits per heavy atom. The third-order valence-corrected chi connectivity index (χ3v) is 14.3. The van der Waals surface area contributed by atoms with Gasteiger partial charge in [-0.05, 0) is 64.9 Å². The number of ether oxygens (including phenoxy) is 1. The lowest BCUT2D eigenvalue weighted by Crippen LogP contribution is -2.46. The number of hydrogen-bond acceptors (Lipinski definition) is 10. The van der Waals surface area contributed by atoms with Crippen LogP contribution in [0.15, 0.2) is 41.2 Å². The Hall–Kier alpha value is -3.17. The van der Waals surface area contributed by atoms with Gasteiger partial charge in [0.05, 0.1) is 35.9 Å². The fourth-order valence-corrected chi connectivity index (χ4v) is 6.89. The topological polar surface area (TPSA) is 148 Å². The van der Waals surface area contributed by atoms with Gasteiger partial charge in [0.15, 0.2) is 14.1 Å². The molecule has 0 saturated heterocycles. The summed E-state index contributed by atoms with van der Waals surface area (Å²) in [4.78, 5) is 24.6. The second-order valence-electron chi connectivity index (χ2n) is 14.1. The number of nitro benzene ring substituents is 1. The van der Waals surface area contributed by atoms with E-state index >= 15 is 4.39 Å². The molecule has 0 bridgehead atoms. The molecule has 0 aliphatic carbocycles. The number of pyridine rings is 1. The molecular formula is C32H44ClFN6O5SSi. The van der Waals surface area contributed by atoms with E-state index in [0.29, 0.717) is 22.7 Å². The van der Waals surface area contributed by atoms with E-state index in [-0.39, 0.29) is 27.9 Å². The van der Waals surface area contributed by atoms with Crippen LogP contribution in [0.25, 0.3) is 11.1 Å². The molecule has 256 valence electrons. The van der Waals surface area contributed by atoms with Crippen molar-refractivity contribution < 1.29 is 23.0 Å². The van der Waals surface area contributed by atoms with Gasteiger partial charge in [-0.2, -0.15) is 0 Å². The fourth-order valence-electron chi connectivity index (χ4n) is 4.40. The first-order valence-electron chi connectivity index (χ1n) is 15.0. The summed E-state index contributed by atoms with van der Waals surface area (Å²) >= 11 is 4.95. The smallest absolute Gasteiger partial charge is 0.295 e. The van der Waals surface area contributed by atoms with Crippen LogP contribution in [0.2, 0.25) is 23.3 Å². The first-order chi connectivity index (χ1) is 21.6. The van der Waals surface area contributed by atoms with E-state index in [0.717, 1.165) is 6.07 Å². The summed E-state index contributed by atoms with van der Waals surface area (Å²) in [5.74, 6) is -0.0348. The highest BCUT2D eigenvalue weighted by atomic mass is 35.5. The van der Waals surface area contributed by atoms with Gasteiger partial charge < -0.3 is 19.0 Å². The third-order valence-electron chi connectivity index (χ3n) is 7.93. The standard InChI is InChI=1S/C32H44ClFN6O5SSi/c1-30(2,3)46(43)38-15-12-23(27-26(44-9)13-14-35-28(27)33)39-24-16-21(22(34)17-25(24)40(41)42)20-18-36-29(37-19-20)32(7,8)45-47(10,11)31(4,5)6/h13-19,23,39H,12H2,1-11H3. The Bertz CT molecular complexity index is 1610. The summed E-state index contributed by atoms with van der Waals surface area (Å²) in [5, 5.41) is 15.3. The maximum atomic E-state index is 15.5. The van der Waals surface area contributed by atoms with Crippen LogP contribution in [0.5, 0.6) is 5.75 Å². The molecule has 0 aliphatic heterocycles. The van der Waals surface area contributed by atoms with Crippen LogP contribution in [0, 0.1) is 15.9 Å². The molecule has 15 heteroatoms. The molecule has 0 aliphatic rings. The minimum absolute atomic E-state index is 0.00520. The highest BCUT2D eigenvalue weighted by molar-refractivity contribution is 7.91. The number of nitrogens with zero attached hydrogens (tertiary/aromatic N) is 5. The van der Waals surface area contributed by atoms with Crippen molar-refractivity contribution in [2.75, 3.05) is 12.4 Å². The molecule has 3 rings (SSSR count). The van der Waals surface area contributed by atoms with Crippen LogP contribution in [0.3, 0.4) is 0 Å². The molecular weight excluding hydrogens is 663 g/mol. The van der Waals surface area contributed by atoms with Crippen molar-refractivity contribution in [2.24, 2.45) is 4.40 Å². The Kier molecular flexibility index (Phi) is 11.8. The summed E-state index contributed by atoms with van der Waals surface area (Å²) in [6, 6.07) is 2.98. The SMILES string of the molecule is COc1ccnc(Cl)c1C(CC=N[S+]([O-])C(C)(C)C)Nc1cc(-c2cnc(C(C)(C)O[Si](C)(C)C(C)(C)C)nc2)c(F)cc1[N+](=O)[O-]. The lowest BCUT2D eigenvalue weighted by Gasteiger charge is -2.42. The molecule has 0 radical (unpaired) electrons. The summed E-state index contributed by atoms with van der Waals surface area (Å²) in [6.45, 7) is 19.9. The third kappa shape index (κ3) is 9.25. The molecule has 1 N–H and O–H groups in total. The van der Waals surface area contributed by atoms with E-state index in [1.54, 1.807) is 26.8 Å². The molecule has 3 aromatic rings. The van der Waals surface area contributed by atoms with Gasteiger partial charge in [-0.1, -0.05) is 36.8 Å². The number of anilines is 1. The molecule has 1 aromatic carbocycles. The van der Waals surface area contributed by atoms with E-state index in [1.165, 1.54) is 38.0 Å². The van der Waals surface area contributed by atoms with Crippen LogP contribution >= 0.6 is 11.6 Å². The normalized spacial score (nSPS) is 14.3. The van der Waals surface area contributed by atoms with Crippen LogP contribution in [0.1, 0.15) is 79.2 Å². The van der Waals surface area contributed by atoms with Crippen molar-refractivity contribution in [2.45, 2.75) is 96.3 Å². The highest BCUT2D eigenvalue weighted by Crippen LogP contribution is 2.42. The van der Waals surface area contributed by atoms with E-state index in [4.69, 9.17) is 20.8 Å². The Morgan fingerprint density at radius 1 is 1.13 bits per heavy atom. The average Bonchev–Trinajstić information content (AvgIpc) is 2.95. The zero-order chi connectivity index (χ0) is 35.5. The predicted octanol–water partition coefficient (Wildman–Crippen LogP) is 8.58. The van der Waals surface area contributed by atoms with Crippen LogP contribution in [-0.4, -0.2) is 50.8 Å². The van der Waals surface area contributed by atoms with Gasteiger partial charge in [0.25, 0.3) is 5.69 Å². The van der Waals surface area contributed by atoms with E-state index in [2.05, 4.69) is 58.5 Å². The van der Waals surface area contributed by atoms with Gasteiger partial charge in [0, 0.05) is 36.1 Å². The Morgan fingerprint density at radius 2 is 1.74 bits per heavy atom. The van der Waals surface area contributed by atoms with E-state index in [1.807, 2.05) is 13.8 Å². The zero-order valence-electron chi connectivity index (χ0n) is 28.8. The van der Waals surface area contributed by atoms with Crippen LogP contribution < -0.4 is 10.1 Å². The summed E-state index contributed by atoms with van der Waals surface area (Å²) in [6.07, 6.45) is 5.96. The molecule has 2 unspecified atom stereocenters. The fraction of sp³-hybridized carbons (Fsp3) is 0.500. The molecule has 47 heavy (non-hydrogen) atoms. The molecule has 11 nitrogen and oxygen atoms in total. The molecule has 0 saturated carbocycles. The number of aromatic nitrogens is 3. The van der Waals surface area contributed by atoms with Gasteiger partial charge in [0.1, 0.15) is 44.1 Å². The van der Waals surface area contributed by atoms with Crippen molar-refractivity contribution in [3.8, 4) is 16.9 Å². The first kappa shape index (κ1) is 38.3. The zero-order valence-corrected chi connectivity index (χ0v) is 31.3. The first-order valence-corrected chi connectivity index (χ1v) is 19.4. The van der Waals surface area contributed by atoms with Crippen molar-refractivity contribution in [3.05, 3.63) is 69.3 Å². The minimum Gasteiger partial charge on any atom is -0.591 e. The second-order valence-corrected chi connectivity index (χ2v) is 21.1. The second kappa shape index (κ2) is 14.5. The number of nitrogens with one attached hydrogen (secondary N) is 1. The monoisotopic (exact) mass is 706 g/mol. The number of nitro groups is 1. The van der Waals surface area contributed by atoms with Crippen molar-refractivity contribution in [1.29, 1.82) is 0 Å². The van der Waals surface area contributed by atoms with E-state index in [9.17, 15) is 14.7 Å². The van der Waals surface area contributed by atoms with Crippen LogP contribution in [-0.2, 0) is 21.4 Å². The number of hydrogen-bond donors (Lipinski definition) is 1. The van der Waals surface area contributed by atoms with Gasteiger partial charge in [-0.25, -0.2) is 19.3 Å². The maximum absolute atomic E-state index is 15.5. The maximum Gasteiger partial charge on any atom is 0.295 e. The Labute approximate surface area is 285 Å². The molecule has 2 aromatic heterocycles. The largest absolute Gasteiger partial charge is 0.591 e. The number of rotatable bonds is 12. The highest BCUT2D eigenvalue weighted by Gasteiger charge is 2.43. The summed E-state index contributed by atoms with van der Waals surface area (Å²) in [7, 11) is -0.722. The number of methoxy groups -OCH3 is 1. The molecule has 2 heterocycles. The lowest BCUT2D eigenvalue weighted by atomic mass is 10.0. The quantitative estimate of drug-likeness (QED) is 0.0488. The molecule has 0 fully saturated rings. The number of benzene rings is 1.